The van der Waals surface area contributed by atoms with E-state index < -0.39 is 16.9 Å². The van der Waals surface area contributed by atoms with Gasteiger partial charge in [0.2, 0.25) is 0 Å². The lowest BCUT2D eigenvalue weighted by molar-refractivity contribution is -0.384. The summed E-state index contributed by atoms with van der Waals surface area (Å²) in [6.45, 7) is 6.58. The number of nitro benzene ring substituents is 1. The average Bonchev–Trinajstić information content (AvgIpc) is 2.78. The highest BCUT2D eigenvalue weighted by Gasteiger charge is 2.31. The Labute approximate surface area is 185 Å². The van der Waals surface area contributed by atoms with Crippen LogP contribution in [0.4, 0.5) is 5.69 Å². The molecule has 0 unspecified atom stereocenters. The third kappa shape index (κ3) is 4.92. The van der Waals surface area contributed by atoms with E-state index in [0.717, 1.165) is 13.1 Å². The second-order valence-electron chi connectivity index (χ2n) is 7.26. The number of nitro groups is 1. The maximum Gasteiger partial charge on any atom is 0.340 e. The number of carbonyl (C=O) groups excluding carboxylic acids is 2. The van der Waals surface area contributed by atoms with Crippen LogP contribution in [0.5, 0.6) is 0 Å². The van der Waals surface area contributed by atoms with Gasteiger partial charge in [-0.1, -0.05) is 12.1 Å². The Morgan fingerprint density at radius 1 is 1.12 bits per heavy atom. The third-order valence-corrected chi connectivity index (χ3v) is 5.27. The summed E-state index contributed by atoms with van der Waals surface area (Å²) in [4.78, 5) is 43.3. The molecule has 0 saturated carbocycles. The normalized spacial score (nSPS) is 14.1. The van der Waals surface area contributed by atoms with Crippen LogP contribution in [0.25, 0.3) is 11.1 Å². The monoisotopic (exact) mass is 443 g/mol. The van der Waals surface area contributed by atoms with Crippen molar-refractivity contribution in [1.29, 1.82) is 0 Å². The number of pyridine rings is 1. The van der Waals surface area contributed by atoms with Gasteiger partial charge in [-0.3, -0.25) is 20.0 Å². The van der Waals surface area contributed by atoms with Crippen molar-refractivity contribution in [3.63, 3.8) is 0 Å². The molecular weight excluding hydrogens is 418 g/mol. The summed E-state index contributed by atoms with van der Waals surface area (Å²) in [5.74, 6) is -1.45. The smallest absolute Gasteiger partial charge is 0.340 e. The van der Waals surface area contributed by atoms with Crippen molar-refractivity contribution < 1.29 is 28.7 Å². The lowest BCUT2D eigenvalue weighted by atomic mass is 9.91. The molecule has 2 heterocycles. The molecule has 0 spiro atoms. The number of para-hydroxylation sites is 1. The van der Waals surface area contributed by atoms with Gasteiger partial charge in [-0.05, 0) is 19.9 Å². The molecule has 0 aliphatic carbocycles. The summed E-state index contributed by atoms with van der Waals surface area (Å²) >= 11 is 0. The van der Waals surface area contributed by atoms with Gasteiger partial charge in [-0.25, -0.2) is 9.59 Å². The quantitative estimate of drug-likeness (QED) is 0.361. The fourth-order valence-corrected chi connectivity index (χ4v) is 3.73. The molecule has 1 aromatic heterocycles. The van der Waals surface area contributed by atoms with Crippen molar-refractivity contribution in [2.45, 2.75) is 13.8 Å². The molecular formula is C22H25N3O7. The Balaban J connectivity index is 2.06. The summed E-state index contributed by atoms with van der Waals surface area (Å²) in [6.07, 6.45) is 0. The highest BCUT2D eigenvalue weighted by Crippen LogP contribution is 2.37. The van der Waals surface area contributed by atoms with Gasteiger partial charge < -0.3 is 14.2 Å². The van der Waals surface area contributed by atoms with Crippen LogP contribution < -0.4 is 0 Å². The standard InChI is InChI=1S/C22H25N3O7/c1-14-18(21(26)30-3)20(16-6-4-5-7-17(16)25(28)29)19(15(2)23-14)22(27)32-13-10-24-8-11-31-12-9-24/h4-7H,8-13H2,1-3H3. The lowest BCUT2D eigenvalue weighted by Crippen LogP contribution is -2.38. The van der Waals surface area contributed by atoms with Crippen molar-refractivity contribution in [2.24, 2.45) is 0 Å². The van der Waals surface area contributed by atoms with E-state index in [1.807, 2.05) is 0 Å². The highest BCUT2D eigenvalue weighted by molar-refractivity contribution is 6.08. The van der Waals surface area contributed by atoms with E-state index in [2.05, 4.69) is 9.88 Å². The van der Waals surface area contributed by atoms with Crippen LogP contribution in [0.3, 0.4) is 0 Å². The first-order valence-corrected chi connectivity index (χ1v) is 10.2. The number of aryl methyl sites for hydroxylation is 2. The number of carbonyl (C=O) groups is 2. The topological polar surface area (TPSA) is 121 Å². The largest absolute Gasteiger partial charge is 0.465 e. The van der Waals surface area contributed by atoms with Gasteiger partial charge in [-0.2, -0.15) is 0 Å². The summed E-state index contributed by atoms with van der Waals surface area (Å²) in [6, 6.07) is 5.92. The van der Waals surface area contributed by atoms with E-state index in [1.165, 1.54) is 25.3 Å². The van der Waals surface area contributed by atoms with Crippen molar-refractivity contribution in [3.05, 3.63) is 56.9 Å². The van der Waals surface area contributed by atoms with Crippen LogP contribution in [0.2, 0.25) is 0 Å². The van der Waals surface area contributed by atoms with Crippen LogP contribution in [0.1, 0.15) is 32.1 Å². The van der Waals surface area contributed by atoms with E-state index in [-0.39, 0.29) is 34.5 Å². The van der Waals surface area contributed by atoms with Gasteiger partial charge in [-0.15, -0.1) is 0 Å². The first-order valence-electron chi connectivity index (χ1n) is 10.2. The second kappa shape index (κ2) is 10.3. The molecule has 32 heavy (non-hydrogen) atoms. The van der Waals surface area contributed by atoms with Crippen molar-refractivity contribution in [1.82, 2.24) is 9.88 Å². The second-order valence-corrected chi connectivity index (χ2v) is 7.26. The summed E-state index contributed by atoms with van der Waals surface area (Å²) in [5.41, 5.74) is 0.564. The van der Waals surface area contributed by atoms with Crippen LogP contribution in [0.15, 0.2) is 24.3 Å². The molecule has 2 aromatic rings. The van der Waals surface area contributed by atoms with E-state index in [9.17, 15) is 19.7 Å². The molecule has 1 saturated heterocycles. The molecule has 10 nitrogen and oxygen atoms in total. The number of hydrogen-bond acceptors (Lipinski definition) is 9. The van der Waals surface area contributed by atoms with Crippen LogP contribution in [-0.4, -0.2) is 73.3 Å². The molecule has 0 amide bonds. The summed E-state index contributed by atoms with van der Waals surface area (Å²) in [5, 5.41) is 11.7. The molecule has 0 atom stereocenters. The first kappa shape index (κ1) is 23.3. The van der Waals surface area contributed by atoms with E-state index >= 15 is 0 Å². The molecule has 1 aliphatic heterocycles. The Hall–Kier alpha value is -3.37. The van der Waals surface area contributed by atoms with Crippen molar-refractivity contribution in [3.8, 4) is 11.1 Å². The first-order chi connectivity index (χ1) is 15.3. The molecule has 10 heteroatoms. The van der Waals surface area contributed by atoms with Crippen LogP contribution in [-0.2, 0) is 14.2 Å². The lowest BCUT2D eigenvalue weighted by Gasteiger charge is -2.26. The minimum Gasteiger partial charge on any atom is -0.465 e. The van der Waals surface area contributed by atoms with E-state index in [4.69, 9.17) is 14.2 Å². The Bertz CT molecular complexity index is 1030. The van der Waals surface area contributed by atoms with Gasteiger partial charge >= 0.3 is 11.9 Å². The zero-order valence-electron chi connectivity index (χ0n) is 18.3. The van der Waals surface area contributed by atoms with Crippen molar-refractivity contribution >= 4 is 17.6 Å². The molecule has 3 rings (SSSR count). The molecule has 1 aliphatic rings. The Kier molecular flexibility index (Phi) is 7.49. The fraction of sp³-hybridized carbons (Fsp3) is 0.409. The number of ether oxygens (including phenoxy) is 3. The zero-order chi connectivity index (χ0) is 23.3. The van der Waals surface area contributed by atoms with Gasteiger partial charge in [0.15, 0.2) is 0 Å². The third-order valence-electron chi connectivity index (χ3n) is 5.27. The predicted octanol–water partition coefficient (Wildman–Crippen LogP) is 2.55. The number of esters is 2. The zero-order valence-corrected chi connectivity index (χ0v) is 18.3. The number of benzene rings is 1. The molecule has 1 fully saturated rings. The van der Waals surface area contributed by atoms with Gasteiger partial charge in [0, 0.05) is 31.3 Å². The number of morpholine rings is 1. The maximum absolute atomic E-state index is 13.1. The fourth-order valence-electron chi connectivity index (χ4n) is 3.73. The van der Waals surface area contributed by atoms with Crippen molar-refractivity contribution in [2.75, 3.05) is 46.6 Å². The molecule has 0 N–H and O–H groups in total. The Morgan fingerprint density at radius 2 is 1.75 bits per heavy atom. The van der Waals surface area contributed by atoms with Gasteiger partial charge in [0.1, 0.15) is 6.61 Å². The number of nitrogens with zero attached hydrogens (tertiary/aromatic N) is 3. The van der Waals surface area contributed by atoms with E-state index in [1.54, 1.807) is 19.9 Å². The molecule has 170 valence electrons. The predicted molar refractivity (Wildman–Crippen MR) is 115 cm³/mol. The molecule has 0 radical (unpaired) electrons. The maximum atomic E-state index is 13.1. The van der Waals surface area contributed by atoms with E-state index in [0.29, 0.717) is 31.1 Å². The highest BCUT2D eigenvalue weighted by atomic mass is 16.6. The molecule has 1 aromatic carbocycles. The Morgan fingerprint density at radius 3 is 2.38 bits per heavy atom. The van der Waals surface area contributed by atoms with Crippen LogP contribution >= 0.6 is 0 Å². The summed E-state index contributed by atoms with van der Waals surface area (Å²) in [7, 11) is 1.20. The SMILES string of the molecule is COC(=O)c1c(C)nc(C)c(C(=O)OCCN2CCOCC2)c1-c1ccccc1[N+](=O)[O-]. The summed E-state index contributed by atoms with van der Waals surface area (Å²) < 4.78 is 15.7. The average molecular weight is 443 g/mol. The number of aromatic nitrogens is 1. The minimum atomic E-state index is -0.745. The van der Waals surface area contributed by atoms with Gasteiger partial charge in [0.05, 0.1) is 53.3 Å². The number of methoxy groups -OCH3 is 1. The number of hydrogen-bond donors (Lipinski definition) is 0. The molecule has 0 bridgehead atoms. The number of rotatable bonds is 7. The van der Waals surface area contributed by atoms with Crippen LogP contribution in [0, 0.1) is 24.0 Å². The minimum absolute atomic E-state index is 0.00674. The van der Waals surface area contributed by atoms with Gasteiger partial charge in [0.25, 0.3) is 5.69 Å².